The van der Waals surface area contributed by atoms with Crippen LogP contribution < -0.4 is 26.0 Å². The number of fused-ring (bicyclic) bond motifs is 2. The number of imidazole rings is 1. The molecule has 3 aliphatic rings. The lowest BCUT2D eigenvalue weighted by atomic mass is 9.85. The minimum atomic E-state index is -0.703. The Balaban J connectivity index is 0.867. The summed E-state index contributed by atoms with van der Waals surface area (Å²) < 4.78 is 24.5. The summed E-state index contributed by atoms with van der Waals surface area (Å²) in [6.45, 7) is 2.78. The van der Waals surface area contributed by atoms with E-state index in [1.54, 1.807) is 29.4 Å². The summed E-state index contributed by atoms with van der Waals surface area (Å²) in [6, 6.07) is 15.2. The second kappa shape index (κ2) is 15.0. The number of amides is 3. The van der Waals surface area contributed by atoms with Gasteiger partial charge in [0.2, 0.25) is 11.8 Å². The monoisotopic (exact) mass is 750 g/mol. The molecule has 0 bridgehead atoms. The number of carbonyl (C=O) groups is 3. The molecule has 0 radical (unpaired) electrons. The fraction of sp³-hybridized carbons (Fsp3) is 0.439. The Morgan fingerprint density at radius 1 is 1.00 bits per heavy atom. The van der Waals surface area contributed by atoms with E-state index in [2.05, 4.69) is 38.2 Å². The number of ether oxygens (including phenoxy) is 1. The fourth-order valence-electron chi connectivity index (χ4n) is 8.95. The molecule has 4 heterocycles. The van der Waals surface area contributed by atoms with Gasteiger partial charge in [0.05, 0.1) is 41.1 Å². The number of hydrogen-bond donors (Lipinski definition) is 2. The normalized spacial score (nSPS) is 21.0. The molecule has 3 fully saturated rings. The van der Waals surface area contributed by atoms with Gasteiger partial charge in [0.1, 0.15) is 17.6 Å². The zero-order valence-corrected chi connectivity index (χ0v) is 31.5. The van der Waals surface area contributed by atoms with Crippen LogP contribution in [-0.4, -0.2) is 81.4 Å². The van der Waals surface area contributed by atoms with E-state index in [1.165, 1.54) is 18.2 Å². The molecule has 55 heavy (non-hydrogen) atoms. The van der Waals surface area contributed by atoms with E-state index in [-0.39, 0.29) is 29.6 Å². The van der Waals surface area contributed by atoms with E-state index < -0.39 is 23.7 Å². The number of nitrogens with one attached hydrogen (secondary N) is 2. The van der Waals surface area contributed by atoms with Gasteiger partial charge in [0.25, 0.3) is 5.91 Å². The molecule has 2 aromatic heterocycles. The highest BCUT2D eigenvalue weighted by Crippen LogP contribution is 2.37. The van der Waals surface area contributed by atoms with Crippen molar-refractivity contribution in [3.8, 4) is 5.75 Å². The van der Waals surface area contributed by atoms with Gasteiger partial charge in [0, 0.05) is 62.4 Å². The largest absolute Gasteiger partial charge is 0.494 e. The number of imide groups is 1. The molecule has 13 nitrogen and oxygen atoms in total. The van der Waals surface area contributed by atoms with Crippen molar-refractivity contribution in [3.05, 3.63) is 82.7 Å². The summed E-state index contributed by atoms with van der Waals surface area (Å²) >= 11 is 0. The number of aryl methyl sites for hydroxylation is 1. The van der Waals surface area contributed by atoms with Gasteiger partial charge in [-0.1, -0.05) is 12.1 Å². The van der Waals surface area contributed by atoms with Gasteiger partial charge in [0.15, 0.2) is 0 Å². The first-order valence-electron chi connectivity index (χ1n) is 19.2. The van der Waals surface area contributed by atoms with Crippen molar-refractivity contribution in [3.63, 3.8) is 0 Å². The van der Waals surface area contributed by atoms with Gasteiger partial charge in [-0.05, 0) is 94.3 Å². The van der Waals surface area contributed by atoms with Gasteiger partial charge in [-0.15, -0.1) is 0 Å². The Hall–Kier alpha value is -5.50. The third-order valence-electron chi connectivity index (χ3n) is 11.9. The van der Waals surface area contributed by atoms with Crippen LogP contribution in [-0.2, 0) is 16.6 Å². The van der Waals surface area contributed by atoms with E-state index in [0.717, 1.165) is 80.3 Å². The maximum absolute atomic E-state index is 13.7. The van der Waals surface area contributed by atoms with E-state index in [9.17, 15) is 23.6 Å². The van der Waals surface area contributed by atoms with Crippen LogP contribution in [0.2, 0.25) is 0 Å². The molecule has 8 rings (SSSR count). The number of aromatic nitrogens is 4. The molecule has 288 valence electrons. The van der Waals surface area contributed by atoms with Crippen molar-refractivity contribution >= 4 is 51.0 Å². The van der Waals surface area contributed by atoms with Gasteiger partial charge in [-0.2, -0.15) is 5.10 Å². The van der Waals surface area contributed by atoms with Crippen molar-refractivity contribution in [2.24, 2.45) is 13.0 Å². The van der Waals surface area contributed by atoms with Crippen LogP contribution in [0.4, 0.5) is 15.8 Å². The number of methoxy groups -OCH3 is 1. The topological polar surface area (TPSA) is 136 Å². The first-order chi connectivity index (χ1) is 26.6. The van der Waals surface area contributed by atoms with E-state index in [4.69, 9.17) is 9.84 Å². The molecule has 2 saturated heterocycles. The summed E-state index contributed by atoms with van der Waals surface area (Å²) in [5, 5.41) is 11.1. The summed E-state index contributed by atoms with van der Waals surface area (Å²) in [6.07, 6.45) is 8.89. The lowest BCUT2D eigenvalue weighted by molar-refractivity contribution is -0.135. The molecule has 14 heteroatoms. The van der Waals surface area contributed by atoms with Gasteiger partial charge >= 0.3 is 5.69 Å². The lowest BCUT2D eigenvalue weighted by Crippen LogP contribution is -2.45. The fourth-order valence-corrected chi connectivity index (χ4v) is 8.95. The molecule has 2 aliphatic heterocycles. The van der Waals surface area contributed by atoms with Crippen LogP contribution in [0, 0.1) is 11.7 Å². The van der Waals surface area contributed by atoms with E-state index in [0.29, 0.717) is 35.3 Å². The average molecular weight is 751 g/mol. The van der Waals surface area contributed by atoms with Crippen molar-refractivity contribution in [2.75, 3.05) is 44.0 Å². The average Bonchev–Trinajstić information content (AvgIpc) is 3.72. The standard InChI is InChI=1S/C41H47FN8O5/c1-46(29-16-18-48(19-17-29)33-8-5-9-34-38(33)47(2)41(54)50(34)35-14-15-37(51)44-40(35)53)23-25-10-12-30(13-11-25)49-24-27-21-32(36(55-3)22-31(27)45-49)43-39(52)26-6-4-7-28(42)20-26/h4-9,20-22,24-25,29-30,35H,10-19,23H2,1-3H3,(H,43,52)(H,44,51,53)/t25-,30-,35?. The molecule has 1 saturated carbocycles. The zero-order chi connectivity index (χ0) is 38.4. The lowest BCUT2D eigenvalue weighted by Gasteiger charge is -2.40. The Bertz CT molecular complexity index is 2330. The van der Waals surface area contributed by atoms with Gasteiger partial charge < -0.3 is 19.9 Å². The first kappa shape index (κ1) is 36.5. The Morgan fingerprint density at radius 2 is 1.76 bits per heavy atom. The van der Waals surface area contributed by atoms with Crippen molar-refractivity contribution in [1.29, 1.82) is 0 Å². The number of piperidine rings is 2. The smallest absolute Gasteiger partial charge is 0.329 e. The molecule has 5 aromatic rings. The molecular weight excluding hydrogens is 704 g/mol. The molecule has 1 unspecified atom stereocenters. The number of benzene rings is 3. The summed E-state index contributed by atoms with van der Waals surface area (Å²) in [5.74, 6) is -0.514. The highest BCUT2D eigenvalue weighted by molar-refractivity contribution is 6.06. The van der Waals surface area contributed by atoms with Gasteiger partial charge in [-0.3, -0.25) is 33.5 Å². The summed E-state index contributed by atoms with van der Waals surface area (Å²) in [7, 11) is 5.55. The maximum atomic E-state index is 13.7. The number of halogens is 1. The molecule has 2 N–H and O–H groups in total. The zero-order valence-electron chi connectivity index (χ0n) is 31.5. The Kier molecular flexibility index (Phi) is 9.93. The van der Waals surface area contributed by atoms with Crippen LogP contribution in [0.15, 0.2) is 65.6 Å². The Labute approximate surface area is 318 Å². The minimum Gasteiger partial charge on any atom is -0.494 e. The van der Waals surface area contributed by atoms with Crippen LogP contribution >= 0.6 is 0 Å². The highest BCUT2D eigenvalue weighted by atomic mass is 19.1. The number of para-hydroxylation sites is 1. The molecule has 1 aliphatic carbocycles. The first-order valence-corrected chi connectivity index (χ1v) is 19.2. The number of rotatable bonds is 9. The minimum absolute atomic E-state index is 0.213. The van der Waals surface area contributed by atoms with Crippen molar-refractivity contribution in [2.45, 2.75) is 69.5 Å². The molecule has 1 atom stereocenters. The number of anilines is 2. The summed E-state index contributed by atoms with van der Waals surface area (Å²) in [4.78, 5) is 55.7. The molecule has 3 amide bonds. The van der Waals surface area contributed by atoms with E-state index in [1.807, 2.05) is 30.5 Å². The molecule has 3 aromatic carbocycles. The van der Waals surface area contributed by atoms with Crippen LogP contribution in [0.25, 0.3) is 21.9 Å². The predicted molar refractivity (Wildman–Crippen MR) is 208 cm³/mol. The summed E-state index contributed by atoms with van der Waals surface area (Å²) in [5.41, 5.74) is 3.81. The molecule has 0 spiro atoms. The van der Waals surface area contributed by atoms with Crippen LogP contribution in [0.1, 0.15) is 73.8 Å². The predicted octanol–water partition coefficient (Wildman–Crippen LogP) is 5.40. The van der Waals surface area contributed by atoms with E-state index >= 15 is 0 Å². The molecular formula is C41H47FN8O5. The van der Waals surface area contributed by atoms with Crippen molar-refractivity contribution in [1.82, 2.24) is 29.1 Å². The quantitative estimate of drug-likeness (QED) is 0.191. The SMILES string of the molecule is COc1cc2nn([C@H]3CC[C@H](CN(C)C4CCN(c5cccc6c5n(C)c(=O)n6C5CCC(=O)NC5=O)CC4)CC3)cc2cc1NC(=O)c1cccc(F)c1. The van der Waals surface area contributed by atoms with Crippen LogP contribution in [0.5, 0.6) is 5.75 Å². The maximum Gasteiger partial charge on any atom is 0.329 e. The van der Waals surface area contributed by atoms with Crippen LogP contribution in [0.3, 0.4) is 0 Å². The third-order valence-corrected chi connectivity index (χ3v) is 11.9. The third kappa shape index (κ3) is 7.10. The number of carbonyl (C=O) groups excluding carboxylic acids is 3. The number of nitrogens with zero attached hydrogens (tertiary/aromatic N) is 6. The number of hydrogen-bond acceptors (Lipinski definition) is 8. The van der Waals surface area contributed by atoms with Gasteiger partial charge in [-0.25, -0.2) is 9.18 Å². The second-order valence-electron chi connectivity index (χ2n) is 15.3. The second-order valence-corrected chi connectivity index (χ2v) is 15.3. The Morgan fingerprint density at radius 3 is 2.49 bits per heavy atom. The highest BCUT2D eigenvalue weighted by Gasteiger charge is 2.33. The van der Waals surface area contributed by atoms with Crippen molar-refractivity contribution < 1.29 is 23.5 Å².